The van der Waals surface area contributed by atoms with E-state index in [1.165, 1.54) is 42.9 Å². The Bertz CT molecular complexity index is 5110. The molecule has 123 heavy (non-hydrogen) atoms. The number of nitrogens with zero attached hydrogens (tertiary/aromatic N) is 2. The SMILES string of the molecule is CN[C@@H](CC(C)C)C(=O)N[C@H]1C(=O)N[C@@H](CC(N)=O)C(=O)NC2C(=O)N[C@@H]3C(=O)N[C@@H](C(=O)N[C@@H](C(=O)O)c4cc(O)cc(O)c4-c4cc3ccc4O)[C@H](O)c3ccc(c(Cl)c3)Oc3cc2cc(c3OC2O[C@@H](CO)[C@@H](O)[C@@H](O)[C@H]2O[C@H]2C[C@@](C)(NCCn3ccc(NC(=O)C4CCC(C(C)(C)C)CC4)nc3=O)[C@@H](O)[C@@H](C)O2)Oc2ccc(cc2Cl)[C@H]1O. The first kappa shape index (κ1) is 91.4. The van der Waals surface area contributed by atoms with Gasteiger partial charge in [-0.1, -0.05) is 76.0 Å². The number of aromatic hydroxyl groups is 3. The number of aliphatic hydroxyl groups is 6. The van der Waals surface area contributed by atoms with Crippen LogP contribution >= 0.6 is 23.2 Å². The summed E-state index contributed by atoms with van der Waals surface area (Å²) in [5.41, 5.74) is 0.857. The van der Waals surface area contributed by atoms with Crippen molar-refractivity contribution < 1.29 is 123 Å². The van der Waals surface area contributed by atoms with Gasteiger partial charge in [-0.05, 0) is 153 Å². The third kappa shape index (κ3) is 20.3. The molecule has 8 aliphatic rings. The van der Waals surface area contributed by atoms with Crippen LogP contribution < -0.4 is 73.5 Å². The fraction of sp³-hybridized carbons (Fsp3) is 0.482. The Balaban J connectivity index is 0.983. The zero-order valence-electron chi connectivity index (χ0n) is 68.0. The highest BCUT2D eigenvalue weighted by atomic mass is 35.5. The summed E-state index contributed by atoms with van der Waals surface area (Å²) in [4.78, 5) is 149. The van der Waals surface area contributed by atoms with Crippen molar-refractivity contribution >= 4 is 82.2 Å². The standard InChI is InChI=1S/C83H100Cl2N12O26/c1-34(2)23-47(87-8)73(109)95-63-65(103)38-12-17-51(45(84)25-38)119-53-27-40-28-54(69(53)123-80-70(68(106)67(105)55(33-98)121-80)122-58-32-83(7,71(107)35(3)118-58)88-20-22-97-21-19-57(91-81(97)117)90-72(108)36-9-14-41(15-10-36)82(4,5)6)120-52-18-13-39(26-46(52)85)66(104)64-78(114)94-62(79(115)116)44-29-42(99)30-50(101)59(44)43-24-37(11-16-49(43)100)60(75(111)96-64)93-76(112)61(40)92-74(110)48(31-56(86)102)89-77(63)113/h11-13,16-19,21,24-30,34-36,41,47-48,55,58,60-68,70-71,80,87-88,98-101,103-107H,9-10,14-15,20,22-23,31-33H2,1-8H3,(H2,86,102)(H,89,113)(H,92,110)(H,93,112)(H,94,114)(H,95,109)(H,96,111)(H,115,116)(H,90,91,108,117)/t35-,36?,41?,47+,48+,55+,58+,60+,61?,62-,63-,64-,65-,66-,67-,68-,70-,71+,80?,83-/m1/s1. The summed E-state index contributed by atoms with van der Waals surface area (Å²) < 4.78 is 40.7. The smallest absolute Gasteiger partial charge is 0.349 e. The third-order valence-corrected chi connectivity index (χ3v) is 23.7. The fourth-order valence-corrected chi connectivity index (χ4v) is 16.7. The summed E-state index contributed by atoms with van der Waals surface area (Å²) in [6, 6.07) is 0.525. The summed E-state index contributed by atoms with van der Waals surface area (Å²) in [5.74, 6) is -16.3. The average Bonchev–Trinajstić information content (AvgIpc) is 0.765. The molecule has 1 aliphatic carbocycles. The van der Waals surface area contributed by atoms with Gasteiger partial charge in [0.15, 0.2) is 29.9 Å². The van der Waals surface area contributed by atoms with Gasteiger partial charge in [-0.2, -0.15) is 4.98 Å². The number of likely N-dealkylation sites (N-methyl/N-ethyl adjacent to an activating group) is 1. The van der Waals surface area contributed by atoms with Crippen LogP contribution in [-0.2, 0) is 63.9 Å². The van der Waals surface area contributed by atoms with Crippen LogP contribution in [0.5, 0.6) is 46.0 Å². The van der Waals surface area contributed by atoms with Gasteiger partial charge < -0.3 is 133 Å². The number of benzene rings is 5. The number of phenolic OH excluding ortho intramolecular Hbond substituents is 3. The molecule has 18 atom stereocenters. The summed E-state index contributed by atoms with van der Waals surface area (Å²) in [6.07, 6.45) is -14.8. The van der Waals surface area contributed by atoms with Crippen LogP contribution in [0.2, 0.25) is 10.0 Å². The third-order valence-electron chi connectivity index (χ3n) is 23.1. The molecule has 662 valence electrons. The molecule has 3 fully saturated rings. The Labute approximate surface area is 713 Å². The van der Waals surface area contributed by atoms with E-state index >= 15 is 14.4 Å². The number of aliphatic hydroxyl groups excluding tert-OH is 6. The molecule has 40 heteroatoms. The van der Waals surface area contributed by atoms with Gasteiger partial charge in [-0.25, -0.2) is 9.59 Å². The molecule has 7 aliphatic heterocycles. The maximum atomic E-state index is 16.2. The number of rotatable bonds is 19. The maximum absolute atomic E-state index is 16.2. The van der Waals surface area contributed by atoms with Crippen LogP contribution in [0.3, 0.4) is 0 Å². The van der Waals surface area contributed by atoms with Gasteiger partial charge in [0.05, 0.1) is 41.3 Å². The second-order valence-corrected chi connectivity index (χ2v) is 34.1. The van der Waals surface area contributed by atoms with E-state index in [1.54, 1.807) is 6.92 Å². The van der Waals surface area contributed by atoms with Crippen molar-refractivity contribution in [3.05, 3.63) is 139 Å². The number of carboxylic acid groups (broad SMARTS) is 1. The lowest BCUT2D eigenvalue weighted by Crippen LogP contribution is -2.65. The molecular formula is C83H100Cl2N12O26. The molecule has 2 saturated heterocycles. The molecule has 11 bridgehead atoms. The van der Waals surface area contributed by atoms with Gasteiger partial charge in [0.1, 0.15) is 95.3 Å². The van der Waals surface area contributed by atoms with E-state index in [9.17, 15) is 84.6 Å². The van der Waals surface area contributed by atoms with Crippen molar-refractivity contribution in [3.63, 3.8) is 0 Å². The zero-order valence-corrected chi connectivity index (χ0v) is 69.5. The van der Waals surface area contributed by atoms with Gasteiger partial charge in [0.25, 0.3) is 0 Å². The van der Waals surface area contributed by atoms with Crippen LogP contribution in [0.1, 0.15) is 152 Å². The minimum Gasteiger partial charge on any atom is -0.508 e. The van der Waals surface area contributed by atoms with Crippen LogP contribution in [-0.4, -0.2) is 213 Å². The molecule has 5 aromatic carbocycles. The first-order valence-electron chi connectivity index (χ1n) is 39.9. The number of primary amides is 1. The van der Waals surface area contributed by atoms with E-state index in [0.29, 0.717) is 18.8 Å². The van der Waals surface area contributed by atoms with Crippen molar-refractivity contribution in [2.75, 3.05) is 25.5 Å². The number of aliphatic carboxylic acids is 1. The van der Waals surface area contributed by atoms with E-state index in [1.807, 2.05) is 13.8 Å². The predicted molar refractivity (Wildman–Crippen MR) is 435 cm³/mol. The predicted octanol–water partition coefficient (Wildman–Crippen LogP) is 2.79. The number of ether oxygens (including phenoxy) is 6. The largest absolute Gasteiger partial charge is 0.508 e. The topological polar surface area (TPSA) is 580 Å². The minimum absolute atomic E-state index is 0.000610. The van der Waals surface area contributed by atoms with Gasteiger partial charge >= 0.3 is 11.7 Å². The monoisotopic (exact) mass is 1750 g/mol. The van der Waals surface area contributed by atoms with E-state index in [4.69, 9.17) is 57.4 Å². The van der Waals surface area contributed by atoms with Crippen molar-refractivity contribution in [1.82, 2.24) is 52.1 Å². The number of aromatic nitrogens is 2. The number of carbonyl (C=O) groups excluding carboxylic acids is 8. The molecule has 2 unspecified atom stereocenters. The fourth-order valence-electron chi connectivity index (χ4n) is 16.2. The molecule has 38 nitrogen and oxygen atoms in total. The second kappa shape index (κ2) is 37.7. The molecule has 6 aromatic rings. The molecule has 8 heterocycles. The zero-order chi connectivity index (χ0) is 89.3. The lowest BCUT2D eigenvalue weighted by atomic mass is 9.70. The Kier molecular flexibility index (Phi) is 28.0. The van der Waals surface area contributed by atoms with Crippen molar-refractivity contribution in [2.24, 2.45) is 28.9 Å². The number of nitrogens with two attached hydrogens (primary N) is 1. The quantitative estimate of drug-likeness (QED) is 0.0554. The summed E-state index contributed by atoms with van der Waals surface area (Å²) in [5, 5.41) is 139. The molecule has 1 saturated carbocycles. The van der Waals surface area contributed by atoms with Crippen molar-refractivity contribution in [2.45, 2.75) is 209 Å². The summed E-state index contributed by atoms with van der Waals surface area (Å²) in [7, 11) is 1.47. The first-order chi connectivity index (χ1) is 58.1. The number of halogens is 2. The molecular weight excluding hydrogens is 1650 g/mol. The van der Waals surface area contributed by atoms with Crippen molar-refractivity contribution in [1.29, 1.82) is 0 Å². The number of fused-ring (bicyclic) bond motifs is 15. The highest BCUT2D eigenvalue weighted by Gasteiger charge is 2.53. The molecule has 14 rings (SSSR count). The molecule has 8 amide bonds. The Morgan fingerprint density at radius 3 is 1.95 bits per heavy atom. The summed E-state index contributed by atoms with van der Waals surface area (Å²) in [6.45, 7) is 12.3. The van der Waals surface area contributed by atoms with Crippen LogP contribution in [0, 0.1) is 23.2 Å². The highest BCUT2D eigenvalue weighted by Crippen LogP contribution is 2.51. The van der Waals surface area contributed by atoms with Crippen LogP contribution in [0.15, 0.2) is 95.9 Å². The summed E-state index contributed by atoms with van der Waals surface area (Å²) >= 11 is 14.3. The maximum Gasteiger partial charge on any atom is 0.349 e. The number of amides is 8. The number of carbonyl (C=O) groups is 9. The van der Waals surface area contributed by atoms with Crippen molar-refractivity contribution in [3.8, 4) is 57.1 Å². The van der Waals surface area contributed by atoms with E-state index in [2.05, 4.69) is 73.6 Å². The van der Waals surface area contributed by atoms with E-state index in [-0.39, 0.29) is 82.4 Å². The normalized spacial score (nSPS) is 28.3. The second-order valence-electron chi connectivity index (χ2n) is 33.2. The van der Waals surface area contributed by atoms with E-state index in [0.717, 1.165) is 79.6 Å². The Morgan fingerprint density at radius 1 is 0.724 bits per heavy atom. The highest BCUT2D eigenvalue weighted by molar-refractivity contribution is 6.32. The molecule has 0 radical (unpaired) electrons. The number of phenols is 3. The average molecular weight is 1750 g/mol. The van der Waals surface area contributed by atoms with E-state index < -0.39 is 243 Å². The van der Waals surface area contributed by atoms with Crippen LogP contribution in [0.4, 0.5) is 5.82 Å². The number of carboxylic acids is 1. The van der Waals surface area contributed by atoms with Gasteiger partial charge in [-0.15, -0.1) is 0 Å². The van der Waals surface area contributed by atoms with Gasteiger partial charge in [0, 0.05) is 59.9 Å². The molecule has 1 aromatic heterocycles. The minimum atomic E-state index is -2.39. The lowest BCUT2D eigenvalue weighted by Gasteiger charge is -2.48. The number of hydrogen-bond donors (Lipinski definition) is 20. The Hall–Kier alpha value is -10.8. The molecule has 21 N–H and O–H groups in total. The molecule has 0 spiro atoms. The number of hydrogen-bond acceptors (Lipinski definition) is 28. The van der Waals surface area contributed by atoms with Gasteiger partial charge in [0.2, 0.25) is 59.3 Å². The van der Waals surface area contributed by atoms with Gasteiger partial charge in [-0.3, -0.25) is 42.9 Å². The Morgan fingerprint density at radius 2 is 1.35 bits per heavy atom. The number of anilines is 1. The first-order valence-corrected chi connectivity index (χ1v) is 40.7. The van der Waals surface area contributed by atoms with Crippen LogP contribution in [0.25, 0.3) is 11.1 Å². The lowest BCUT2D eigenvalue weighted by molar-refractivity contribution is -0.334. The number of nitrogens with one attached hydrogen (secondary N) is 9.